The number of methoxy groups -OCH3 is 2. The van der Waals surface area contributed by atoms with E-state index in [1.165, 1.54) is 11.3 Å². The molecule has 0 bridgehead atoms. The van der Waals surface area contributed by atoms with E-state index in [1.807, 2.05) is 37.4 Å². The Morgan fingerprint density at radius 2 is 2.04 bits per heavy atom. The van der Waals surface area contributed by atoms with Crippen LogP contribution >= 0.6 is 11.3 Å². The average molecular weight is 378 g/mol. The molecule has 0 fully saturated rings. The van der Waals surface area contributed by atoms with Crippen molar-refractivity contribution in [1.29, 1.82) is 0 Å². The van der Waals surface area contributed by atoms with Gasteiger partial charge < -0.3 is 19.9 Å². The highest BCUT2D eigenvalue weighted by atomic mass is 32.1. The van der Waals surface area contributed by atoms with Crippen molar-refractivity contribution in [2.75, 3.05) is 20.8 Å². The first-order valence-electron chi connectivity index (χ1n) is 8.59. The Labute approximate surface area is 158 Å². The molecule has 0 radical (unpaired) electrons. The number of aliphatic hydroxyl groups excluding tert-OH is 1. The normalized spacial score (nSPS) is 13.1. The van der Waals surface area contributed by atoms with Crippen molar-refractivity contribution in [2.45, 2.75) is 32.7 Å². The van der Waals surface area contributed by atoms with E-state index < -0.39 is 0 Å². The van der Waals surface area contributed by atoms with Gasteiger partial charge in [0.15, 0.2) is 11.5 Å². The van der Waals surface area contributed by atoms with Crippen LogP contribution in [-0.2, 0) is 11.2 Å². The summed E-state index contributed by atoms with van der Waals surface area (Å²) in [7, 11) is 3.19. The lowest BCUT2D eigenvalue weighted by atomic mass is 10.00. The summed E-state index contributed by atoms with van der Waals surface area (Å²) in [5.41, 5.74) is 1.62. The molecule has 2 N–H and O–H groups in total. The Morgan fingerprint density at radius 1 is 1.31 bits per heavy atom. The lowest BCUT2D eigenvalue weighted by molar-refractivity contribution is -0.121. The highest BCUT2D eigenvalue weighted by molar-refractivity contribution is 7.13. The summed E-state index contributed by atoms with van der Waals surface area (Å²) >= 11 is 1.48. The minimum Gasteiger partial charge on any atom is -0.493 e. The molecule has 2 rings (SSSR count). The molecule has 0 aliphatic rings. The average Bonchev–Trinajstić information content (AvgIpc) is 3.13. The first kappa shape index (κ1) is 20.2. The Morgan fingerprint density at radius 3 is 2.65 bits per heavy atom. The predicted octanol–water partition coefficient (Wildman–Crippen LogP) is 2.89. The summed E-state index contributed by atoms with van der Waals surface area (Å²) < 4.78 is 10.6. The number of nitrogens with one attached hydrogen (secondary N) is 1. The summed E-state index contributed by atoms with van der Waals surface area (Å²) in [6.07, 6.45) is 1.09. The molecule has 0 saturated carbocycles. The third-order valence-corrected chi connectivity index (χ3v) is 5.34. The Kier molecular flexibility index (Phi) is 7.41. The summed E-state index contributed by atoms with van der Waals surface area (Å²) in [4.78, 5) is 16.8. The van der Waals surface area contributed by atoms with E-state index >= 15 is 0 Å². The number of carbonyl (C=O) groups excluding carboxylic acids is 1. The van der Waals surface area contributed by atoms with Crippen molar-refractivity contribution in [1.82, 2.24) is 10.3 Å². The zero-order valence-electron chi connectivity index (χ0n) is 15.6. The van der Waals surface area contributed by atoms with Crippen molar-refractivity contribution in [3.63, 3.8) is 0 Å². The molecular weight excluding hydrogens is 352 g/mol. The molecule has 0 aliphatic carbocycles. The van der Waals surface area contributed by atoms with E-state index in [4.69, 9.17) is 9.47 Å². The first-order valence-corrected chi connectivity index (χ1v) is 9.47. The smallest absolute Gasteiger partial charge is 0.226 e. The van der Waals surface area contributed by atoms with Crippen LogP contribution in [0.1, 0.15) is 26.0 Å². The lowest BCUT2D eigenvalue weighted by Crippen LogP contribution is -2.42. The molecule has 2 aromatic rings. The molecule has 1 heterocycles. The number of nitrogens with zero attached hydrogens (tertiary/aromatic N) is 1. The van der Waals surface area contributed by atoms with Crippen LogP contribution in [0.3, 0.4) is 0 Å². The predicted molar refractivity (Wildman–Crippen MR) is 103 cm³/mol. The second-order valence-electron chi connectivity index (χ2n) is 6.13. The van der Waals surface area contributed by atoms with Crippen molar-refractivity contribution < 1.29 is 19.4 Å². The maximum atomic E-state index is 12.2. The summed E-state index contributed by atoms with van der Waals surface area (Å²) in [5.74, 6) is 1.39. The highest BCUT2D eigenvalue weighted by Gasteiger charge is 2.18. The van der Waals surface area contributed by atoms with Gasteiger partial charge in [0, 0.05) is 10.9 Å². The van der Waals surface area contributed by atoms with Crippen LogP contribution in [0, 0.1) is 5.92 Å². The van der Waals surface area contributed by atoms with Gasteiger partial charge in [0.05, 0.1) is 39.0 Å². The molecule has 6 nitrogen and oxygen atoms in total. The monoisotopic (exact) mass is 378 g/mol. The number of aromatic nitrogens is 1. The quantitative estimate of drug-likeness (QED) is 0.701. The van der Waals surface area contributed by atoms with Gasteiger partial charge in [0.2, 0.25) is 5.91 Å². The van der Waals surface area contributed by atoms with E-state index in [1.54, 1.807) is 14.2 Å². The molecule has 26 heavy (non-hydrogen) atoms. The van der Waals surface area contributed by atoms with Gasteiger partial charge in [-0.15, -0.1) is 11.3 Å². The van der Waals surface area contributed by atoms with E-state index in [0.717, 1.165) is 17.0 Å². The van der Waals surface area contributed by atoms with Gasteiger partial charge >= 0.3 is 0 Å². The van der Waals surface area contributed by atoms with Crippen molar-refractivity contribution in [3.05, 3.63) is 29.3 Å². The first-order chi connectivity index (χ1) is 12.5. The zero-order valence-corrected chi connectivity index (χ0v) is 16.4. The van der Waals surface area contributed by atoms with Crippen LogP contribution in [0.25, 0.3) is 10.6 Å². The van der Waals surface area contributed by atoms with E-state index in [2.05, 4.69) is 10.3 Å². The number of amides is 1. The summed E-state index contributed by atoms with van der Waals surface area (Å²) in [5, 5.41) is 15.0. The van der Waals surface area contributed by atoms with Crippen LogP contribution in [-0.4, -0.2) is 42.9 Å². The van der Waals surface area contributed by atoms with Crippen molar-refractivity contribution >= 4 is 17.2 Å². The van der Waals surface area contributed by atoms with Crippen molar-refractivity contribution in [3.8, 4) is 22.1 Å². The molecule has 7 heteroatoms. The fourth-order valence-electron chi connectivity index (χ4n) is 2.56. The Bertz CT molecular complexity index is 732. The third-order valence-electron chi connectivity index (χ3n) is 4.40. The molecule has 0 aliphatic heterocycles. The molecule has 1 aromatic carbocycles. The number of carbonyl (C=O) groups is 1. The summed E-state index contributed by atoms with van der Waals surface area (Å²) in [6, 6.07) is 5.39. The summed E-state index contributed by atoms with van der Waals surface area (Å²) in [6.45, 7) is 3.99. The van der Waals surface area contributed by atoms with E-state index in [-0.39, 0.29) is 30.9 Å². The van der Waals surface area contributed by atoms with Crippen LogP contribution in [0.5, 0.6) is 11.5 Å². The maximum Gasteiger partial charge on any atom is 0.226 e. The van der Waals surface area contributed by atoms with Crippen LogP contribution in [0.2, 0.25) is 0 Å². The van der Waals surface area contributed by atoms with Crippen molar-refractivity contribution in [2.24, 2.45) is 5.92 Å². The van der Waals surface area contributed by atoms with Gasteiger partial charge in [-0.2, -0.15) is 0 Å². The van der Waals surface area contributed by atoms with Gasteiger partial charge in [0.25, 0.3) is 0 Å². The molecular formula is C19H26N2O4S. The largest absolute Gasteiger partial charge is 0.493 e. The molecule has 142 valence electrons. The minimum atomic E-state index is -0.226. The molecule has 1 amide bonds. The maximum absolute atomic E-state index is 12.2. The second kappa shape index (κ2) is 9.54. The number of hydrogen-bond donors (Lipinski definition) is 2. The van der Waals surface area contributed by atoms with E-state index in [0.29, 0.717) is 17.2 Å². The number of ether oxygens (including phenoxy) is 2. The van der Waals surface area contributed by atoms with Gasteiger partial charge in [-0.25, -0.2) is 4.98 Å². The fraction of sp³-hybridized carbons (Fsp3) is 0.474. The number of hydrogen-bond acceptors (Lipinski definition) is 6. The third kappa shape index (κ3) is 4.95. The van der Waals surface area contributed by atoms with Crippen LogP contribution in [0.15, 0.2) is 23.6 Å². The SMILES string of the molecule is CC[C@@H](C)[C@H](CO)NC(=O)Cc1csc(-c2ccc(OC)c(OC)c2)n1. The van der Waals surface area contributed by atoms with Gasteiger partial charge in [-0.05, 0) is 24.1 Å². The Balaban J connectivity index is 2.07. The number of rotatable bonds is 9. The Hall–Kier alpha value is -2.12. The molecule has 0 saturated heterocycles. The van der Waals surface area contributed by atoms with Crippen LogP contribution in [0.4, 0.5) is 0 Å². The van der Waals surface area contributed by atoms with E-state index in [9.17, 15) is 9.90 Å². The van der Waals surface area contributed by atoms with Crippen LogP contribution < -0.4 is 14.8 Å². The van der Waals surface area contributed by atoms with Gasteiger partial charge in [-0.1, -0.05) is 20.3 Å². The topological polar surface area (TPSA) is 80.7 Å². The zero-order chi connectivity index (χ0) is 19.1. The molecule has 0 unspecified atom stereocenters. The number of aliphatic hydroxyl groups is 1. The van der Waals surface area contributed by atoms with Gasteiger partial charge in [-0.3, -0.25) is 4.79 Å². The minimum absolute atomic E-state index is 0.0608. The second-order valence-corrected chi connectivity index (χ2v) is 6.99. The highest BCUT2D eigenvalue weighted by Crippen LogP contribution is 2.33. The molecule has 2 atom stereocenters. The van der Waals surface area contributed by atoms with Gasteiger partial charge in [0.1, 0.15) is 5.01 Å². The number of benzene rings is 1. The standard InChI is InChI=1S/C19H26N2O4S/c1-5-12(2)15(10-22)21-18(23)9-14-11-26-19(20-14)13-6-7-16(24-3)17(8-13)25-4/h6-8,11-12,15,22H,5,9-10H2,1-4H3,(H,21,23)/t12-,15+/m1/s1. The number of thiazole rings is 1. The molecule has 0 spiro atoms. The lowest BCUT2D eigenvalue weighted by Gasteiger charge is -2.21. The molecule has 1 aromatic heterocycles. The fourth-order valence-corrected chi connectivity index (χ4v) is 3.38.